The standard InChI is InChI=1S/C14H12N2OS/c1-10(11-6-3-2-4-7-11)16-14(17)12-8-5-9-15-13(12)18-16/h2-10H,1H3. The van der Waals surface area contributed by atoms with Gasteiger partial charge < -0.3 is 0 Å². The Morgan fingerprint density at radius 1 is 1.17 bits per heavy atom. The van der Waals surface area contributed by atoms with E-state index in [2.05, 4.69) is 4.98 Å². The first kappa shape index (κ1) is 11.2. The Kier molecular flexibility index (Phi) is 2.72. The Hall–Kier alpha value is -1.94. The normalized spacial score (nSPS) is 12.7. The highest BCUT2D eigenvalue weighted by atomic mass is 32.1. The summed E-state index contributed by atoms with van der Waals surface area (Å²) in [6, 6.07) is 13.7. The number of hydrogen-bond donors (Lipinski definition) is 0. The van der Waals surface area contributed by atoms with E-state index in [0.29, 0.717) is 5.39 Å². The molecule has 0 saturated carbocycles. The van der Waals surface area contributed by atoms with Crippen LogP contribution < -0.4 is 5.56 Å². The van der Waals surface area contributed by atoms with Gasteiger partial charge in [0.2, 0.25) is 0 Å². The van der Waals surface area contributed by atoms with Gasteiger partial charge in [0.1, 0.15) is 4.83 Å². The molecular formula is C14H12N2OS. The van der Waals surface area contributed by atoms with E-state index in [1.54, 1.807) is 16.2 Å². The molecule has 2 heterocycles. The Bertz CT molecular complexity index is 730. The third kappa shape index (κ3) is 1.75. The fourth-order valence-electron chi connectivity index (χ4n) is 2.00. The maximum absolute atomic E-state index is 12.3. The van der Waals surface area contributed by atoms with Crippen LogP contribution in [0.3, 0.4) is 0 Å². The molecule has 0 bridgehead atoms. The first-order valence-electron chi connectivity index (χ1n) is 5.79. The zero-order valence-corrected chi connectivity index (χ0v) is 10.7. The number of hydrogen-bond acceptors (Lipinski definition) is 3. The highest BCUT2D eigenvalue weighted by Crippen LogP contribution is 2.22. The second-order valence-electron chi connectivity index (χ2n) is 4.17. The summed E-state index contributed by atoms with van der Waals surface area (Å²) in [4.78, 5) is 17.3. The van der Waals surface area contributed by atoms with Gasteiger partial charge in [0.15, 0.2) is 0 Å². The summed E-state index contributed by atoms with van der Waals surface area (Å²) >= 11 is 1.42. The zero-order valence-electron chi connectivity index (χ0n) is 9.91. The van der Waals surface area contributed by atoms with Crippen LogP contribution in [0.2, 0.25) is 0 Å². The molecule has 3 nitrogen and oxygen atoms in total. The molecule has 0 aliphatic carbocycles. The quantitative estimate of drug-likeness (QED) is 0.706. The third-order valence-corrected chi connectivity index (χ3v) is 4.20. The van der Waals surface area contributed by atoms with E-state index in [1.165, 1.54) is 11.5 Å². The van der Waals surface area contributed by atoms with Crippen molar-refractivity contribution in [3.63, 3.8) is 0 Å². The van der Waals surface area contributed by atoms with Crippen molar-refractivity contribution in [1.29, 1.82) is 0 Å². The molecule has 3 aromatic rings. The highest BCUT2D eigenvalue weighted by Gasteiger charge is 2.14. The van der Waals surface area contributed by atoms with Crippen LogP contribution in [0.25, 0.3) is 10.2 Å². The van der Waals surface area contributed by atoms with Crippen LogP contribution >= 0.6 is 11.5 Å². The maximum atomic E-state index is 12.3. The Labute approximate surface area is 108 Å². The molecule has 0 saturated heterocycles. The van der Waals surface area contributed by atoms with Crippen LogP contribution in [-0.4, -0.2) is 8.94 Å². The average molecular weight is 256 g/mol. The van der Waals surface area contributed by atoms with Crippen molar-refractivity contribution in [2.24, 2.45) is 0 Å². The number of rotatable bonds is 2. The molecule has 1 aromatic carbocycles. The van der Waals surface area contributed by atoms with E-state index >= 15 is 0 Å². The lowest BCUT2D eigenvalue weighted by Crippen LogP contribution is -2.17. The van der Waals surface area contributed by atoms with Crippen molar-refractivity contribution in [3.05, 3.63) is 64.6 Å². The molecule has 18 heavy (non-hydrogen) atoms. The number of nitrogens with zero attached hydrogens (tertiary/aromatic N) is 2. The molecule has 0 amide bonds. The van der Waals surface area contributed by atoms with Crippen LogP contribution in [-0.2, 0) is 0 Å². The van der Waals surface area contributed by atoms with Gasteiger partial charge in [-0.1, -0.05) is 30.3 Å². The first-order valence-corrected chi connectivity index (χ1v) is 6.56. The van der Waals surface area contributed by atoms with Crippen molar-refractivity contribution in [2.45, 2.75) is 13.0 Å². The highest BCUT2D eigenvalue weighted by molar-refractivity contribution is 7.13. The second-order valence-corrected chi connectivity index (χ2v) is 5.13. The number of pyridine rings is 1. The fourth-order valence-corrected chi connectivity index (χ4v) is 3.01. The zero-order chi connectivity index (χ0) is 12.5. The monoisotopic (exact) mass is 256 g/mol. The number of benzene rings is 1. The number of aromatic nitrogens is 2. The summed E-state index contributed by atoms with van der Waals surface area (Å²) in [7, 11) is 0. The van der Waals surface area contributed by atoms with Gasteiger partial charge in [-0.3, -0.25) is 8.75 Å². The molecule has 0 aliphatic rings. The van der Waals surface area contributed by atoms with E-state index in [4.69, 9.17) is 0 Å². The van der Waals surface area contributed by atoms with Crippen LogP contribution in [0.5, 0.6) is 0 Å². The van der Waals surface area contributed by atoms with Gasteiger partial charge in [0.05, 0.1) is 11.4 Å². The molecule has 1 atom stereocenters. The minimum absolute atomic E-state index is 0.0397. The van der Waals surface area contributed by atoms with Gasteiger partial charge in [-0.2, -0.15) is 0 Å². The molecule has 0 spiro atoms. The molecule has 0 radical (unpaired) electrons. The summed E-state index contributed by atoms with van der Waals surface area (Å²) < 4.78 is 1.78. The molecule has 2 aromatic heterocycles. The van der Waals surface area contributed by atoms with Gasteiger partial charge in [0.25, 0.3) is 5.56 Å². The average Bonchev–Trinajstić information content (AvgIpc) is 2.77. The summed E-state index contributed by atoms with van der Waals surface area (Å²) in [5.74, 6) is 0. The summed E-state index contributed by atoms with van der Waals surface area (Å²) in [6.07, 6.45) is 1.72. The van der Waals surface area contributed by atoms with Crippen LogP contribution in [0.15, 0.2) is 53.5 Å². The minimum atomic E-state index is 0.0397. The lowest BCUT2D eigenvalue weighted by atomic mass is 10.1. The van der Waals surface area contributed by atoms with E-state index in [0.717, 1.165) is 10.4 Å². The van der Waals surface area contributed by atoms with Crippen molar-refractivity contribution in [1.82, 2.24) is 8.94 Å². The van der Waals surface area contributed by atoms with Gasteiger partial charge in [-0.25, -0.2) is 4.98 Å². The molecule has 0 fully saturated rings. The van der Waals surface area contributed by atoms with Gasteiger partial charge in [-0.05, 0) is 36.2 Å². The molecule has 3 rings (SSSR count). The van der Waals surface area contributed by atoms with Gasteiger partial charge in [-0.15, -0.1) is 0 Å². The predicted molar refractivity (Wildman–Crippen MR) is 74.1 cm³/mol. The fraction of sp³-hybridized carbons (Fsp3) is 0.143. The Morgan fingerprint density at radius 2 is 1.94 bits per heavy atom. The Balaban J connectivity index is 2.15. The lowest BCUT2D eigenvalue weighted by molar-refractivity contribution is 0.678. The van der Waals surface area contributed by atoms with E-state index in [9.17, 15) is 4.79 Å². The van der Waals surface area contributed by atoms with Crippen LogP contribution in [0.4, 0.5) is 0 Å². The van der Waals surface area contributed by atoms with Crippen molar-refractivity contribution in [3.8, 4) is 0 Å². The smallest absolute Gasteiger partial charge is 0.268 e. The SMILES string of the molecule is CC(c1ccccc1)n1sc2ncccc2c1=O. The molecule has 0 aliphatic heterocycles. The second kappa shape index (κ2) is 4.38. The molecular weight excluding hydrogens is 244 g/mol. The van der Waals surface area contributed by atoms with Crippen molar-refractivity contribution < 1.29 is 0 Å². The number of fused-ring (bicyclic) bond motifs is 1. The summed E-state index contributed by atoms with van der Waals surface area (Å²) in [5, 5.41) is 0.699. The lowest BCUT2D eigenvalue weighted by Gasteiger charge is -2.11. The summed E-state index contributed by atoms with van der Waals surface area (Å²) in [5.41, 5.74) is 1.17. The Morgan fingerprint density at radius 3 is 2.67 bits per heavy atom. The maximum Gasteiger partial charge on any atom is 0.270 e. The molecule has 0 N–H and O–H groups in total. The molecule has 90 valence electrons. The van der Waals surface area contributed by atoms with E-state index in [1.807, 2.05) is 43.3 Å². The van der Waals surface area contributed by atoms with Gasteiger partial charge in [0, 0.05) is 6.20 Å². The van der Waals surface area contributed by atoms with Crippen molar-refractivity contribution in [2.75, 3.05) is 0 Å². The van der Waals surface area contributed by atoms with Crippen LogP contribution in [0, 0.1) is 0 Å². The summed E-state index contributed by atoms with van der Waals surface area (Å²) in [6.45, 7) is 2.03. The van der Waals surface area contributed by atoms with E-state index in [-0.39, 0.29) is 11.6 Å². The first-order chi connectivity index (χ1) is 8.77. The topological polar surface area (TPSA) is 34.9 Å². The van der Waals surface area contributed by atoms with Crippen LogP contribution in [0.1, 0.15) is 18.5 Å². The molecule has 1 unspecified atom stereocenters. The van der Waals surface area contributed by atoms with E-state index < -0.39 is 0 Å². The van der Waals surface area contributed by atoms with Crippen molar-refractivity contribution >= 4 is 21.7 Å². The van der Waals surface area contributed by atoms with Gasteiger partial charge >= 0.3 is 0 Å². The minimum Gasteiger partial charge on any atom is -0.268 e. The molecule has 4 heteroatoms. The predicted octanol–water partition coefficient (Wildman–Crippen LogP) is 3.07. The third-order valence-electron chi connectivity index (χ3n) is 3.02. The largest absolute Gasteiger partial charge is 0.270 e.